The Labute approximate surface area is 602 Å². The van der Waals surface area contributed by atoms with Gasteiger partial charge in [-0.15, -0.1) is 22.7 Å². The van der Waals surface area contributed by atoms with E-state index in [2.05, 4.69) is 107 Å². The zero-order chi connectivity index (χ0) is 70.5. The zero-order valence-corrected chi connectivity index (χ0v) is 62.0. The van der Waals surface area contributed by atoms with E-state index in [0.717, 1.165) is 59.0 Å². The van der Waals surface area contributed by atoms with Crippen LogP contribution in [0.5, 0.6) is 0 Å². The van der Waals surface area contributed by atoms with E-state index in [0.29, 0.717) is 0 Å². The second-order valence-corrected chi connectivity index (χ2v) is 24.5. The molecule has 0 amide bonds. The smallest absolute Gasteiger partial charge is 0.123 e. The molecule has 0 N–H and O–H groups in total. The Hall–Kier alpha value is -8.48. The van der Waals surface area contributed by atoms with Gasteiger partial charge in [0.15, 0.2) is 0 Å². The first-order valence-corrected chi connectivity index (χ1v) is 34.9. The third kappa shape index (κ3) is 58.8. The van der Waals surface area contributed by atoms with Crippen LogP contribution in [0.4, 0.5) is 4.39 Å². The number of hydrogen-bond acceptors (Lipinski definition) is 15. The Morgan fingerprint density at radius 1 is 0.408 bits per heavy atom. The average molecular weight is 1390 g/mol. The van der Waals surface area contributed by atoms with E-state index in [1.807, 2.05) is 197 Å². The fourth-order valence-electron chi connectivity index (χ4n) is 7.07. The molecular formula is C82H114FN9O3S3. The van der Waals surface area contributed by atoms with Crippen molar-refractivity contribution in [2.24, 2.45) is 0 Å². The topological polar surface area (TPSA) is 132 Å². The van der Waals surface area contributed by atoms with Crippen molar-refractivity contribution in [2.45, 2.75) is 132 Å². The minimum Gasteiger partial charge on any atom is -0.472 e. The molecule has 0 spiro atoms. The lowest BCUT2D eigenvalue weighted by molar-refractivity contribution is 0.0405. The van der Waals surface area contributed by atoms with Gasteiger partial charge >= 0.3 is 0 Å². The molecular weight excluding hydrogens is 1270 g/mol. The molecule has 0 unspecified atom stereocenters. The van der Waals surface area contributed by atoms with Crippen molar-refractivity contribution in [3.05, 3.63) is 325 Å². The van der Waals surface area contributed by atoms with Crippen LogP contribution in [0.3, 0.4) is 0 Å². The number of aryl methyl sites for hydroxylation is 13. The number of thiazole rings is 2. The molecule has 16 heteroatoms. The Morgan fingerprint density at radius 2 is 0.939 bits per heavy atom. The van der Waals surface area contributed by atoms with Gasteiger partial charge in [-0.05, 0) is 258 Å². The molecule has 0 saturated carbocycles. The third-order valence-electron chi connectivity index (χ3n) is 12.6. The first-order chi connectivity index (χ1) is 46.4. The summed E-state index contributed by atoms with van der Waals surface area (Å²) >= 11 is 5.10. The lowest BCUT2D eigenvalue weighted by atomic mass is 10.2. The lowest BCUT2D eigenvalue weighted by Gasteiger charge is -2.24. The molecule has 2 saturated heterocycles. The fraction of sp³-hybridized carbons (Fsp3) is 0.329. The number of likely N-dealkylation sites (N-methyl/N-ethyl adjacent to an activating group) is 1. The molecule has 2 aliphatic heterocycles. The maximum atomic E-state index is 12.1. The number of thiophene rings is 1. The minimum atomic E-state index is -0.171. The largest absolute Gasteiger partial charge is 0.472 e. The second kappa shape index (κ2) is 63.3. The number of halogens is 1. The fourth-order valence-corrected chi connectivity index (χ4v) is 8.77. The summed E-state index contributed by atoms with van der Waals surface area (Å²) in [5.74, 6) is 0.797. The number of pyridine rings is 5. The molecule has 14 rings (SSSR count). The summed E-state index contributed by atoms with van der Waals surface area (Å²) < 4.78 is 26.8. The van der Waals surface area contributed by atoms with Crippen molar-refractivity contribution >= 4 is 34.0 Å². The van der Waals surface area contributed by atoms with Crippen LogP contribution in [-0.2, 0) is 4.74 Å². The van der Waals surface area contributed by atoms with Gasteiger partial charge in [0.25, 0.3) is 0 Å². The van der Waals surface area contributed by atoms with Crippen molar-refractivity contribution < 1.29 is 18.0 Å². The van der Waals surface area contributed by atoms with Crippen molar-refractivity contribution in [3.8, 4) is 0 Å². The SMILES string of the molecule is C.C.CCN1CCCC1.CCN1CCOCC1.Cc1ccc(F)cc1.Cc1ccccc1.Cc1ccccn1.Cc1cccnc1.Cc1cccnc1.Cc1ccco1.Cc1ccncc1.Cc1ccncc1.Cc1ccoc1.Cc1ccsc1.Cc1csc(C)n1.Cc1nccs1. The van der Waals surface area contributed by atoms with Gasteiger partial charge in [-0.3, -0.25) is 34.8 Å². The van der Waals surface area contributed by atoms with Crippen molar-refractivity contribution in [3.63, 3.8) is 0 Å². The van der Waals surface area contributed by atoms with Gasteiger partial charge in [0.05, 0.1) is 42.0 Å². The molecule has 0 atom stereocenters. The van der Waals surface area contributed by atoms with Crippen molar-refractivity contribution in [1.82, 2.24) is 44.7 Å². The van der Waals surface area contributed by atoms with Gasteiger partial charge in [0.1, 0.15) is 11.6 Å². The second-order valence-electron chi connectivity index (χ2n) is 21.6. The Bertz CT molecular complexity index is 3000. The maximum Gasteiger partial charge on any atom is 0.123 e. The highest BCUT2D eigenvalue weighted by molar-refractivity contribution is 7.09. The van der Waals surface area contributed by atoms with E-state index >= 15 is 0 Å². The number of nitrogens with zero attached hydrogens (tertiary/aromatic N) is 9. The summed E-state index contributed by atoms with van der Waals surface area (Å²) in [7, 11) is 0. The van der Waals surface area contributed by atoms with Gasteiger partial charge in [0.2, 0.25) is 0 Å². The lowest BCUT2D eigenvalue weighted by Crippen LogP contribution is -2.35. The van der Waals surface area contributed by atoms with Gasteiger partial charge in [-0.2, -0.15) is 11.3 Å². The molecule has 10 aromatic heterocycles. The van der Waals surface area contributed by atoms with Crippen LogP contribution in [-0.4, -0.2) is 97.2 Å². The number of morpholine rings is 1. The first-order valence-electron chi connectivity index (χ1n) is 32.2. The van der Waals surface area contributed by atoms with E-state index in [-0.39, 0.29) is 20.7 Å². The van der Waals surface area contributed by atoms with Gasteiger partial charge in [0, 0.05) is 97.2 Å². The minimum absolute atomic E-state index is 0. The highest BCUT2D eigenvalue weighted by atomic mass is 32.1. The molecule has 0 aliphatic carbocycles. The molecule has 12 aromatic rings. The highest BCUT2D eigenvalue weighted by Gasteiger charge is 2.07. The van der Waals surface area contributed by atoms with E-state index in [1.54, 1.807) is 115 Å². The summed E-state index contributed by atoms with van der Waals surface area (Å²) in [5, 5.41) is 10.5. The molecule has 2 fully saturated rings. The van der Waals surface area contributed by atoms with E-state index in [1.165, 1.54) is 90.1 Å². The standard InChI is InChI=1S/C7H7F.C7H8.C6H13NO.5C6H7N.C6H13N.C5H7NS.2C5H6O.C5H6S.C4H5NS.2CH4/c1-6-2-4-7(8)5-3-6;1-7-5-3-2-4-6-7;1-2-7-3-5-8-6-4-7;2*1-6-2-4-7-5-3-6;2*1-6-3-2-4-7-5-6;1-6-4-2-3-5-7-6;1-2-7-5-3-4-6-7;1-4-3-7-5(2)6-4;1-5-2-3-6-4-5;1-5-3-2-4-6-5;1-5-2-3-6-4-5;1-4-5-2-3-6-4;;/h2-5H,1H3;2-6H,1H3;2-6H2,1H3;5*2-5H,1H3;2-6H2,1H3;3H,1-2H3;3*2-4H,1H3;2-3H,1H3;2*1H4. The quantitative estimate of drug-likeness (QED) is 0.163. The molecule has 2 aliphatic rings. The molecule has 0 radical (unpaired) electrons. The highest BCUT2D eigenvalue weighted by Crippen LogP contribution is 2.07. The van der Waals surface area contributed by atoms with Gasteiger partial charge in [-0.1, -0.05) is 100 Å². The number of aromatic nitrogens is 7. The number of rotatable bonds is 2. The zero-order valence-electron chi connectivity index (χ0n) is 59.6. The van der Waals surface area contributed by atoms with Crippen LogP contribution < -0.4 is 0 Å². The predicted octanol–water partition coefficient (Wildman–Crippen LogP) is 22.2. The number of ether oxygens (including phenoxy) is 1. The Morgan fingerprint density at radius 3 is 1.15 bits per heavy atom. The Balaban J connectivity index is 0. The third-order valence-corrected chi connectivity index (χ3v) is 15.0. The van der Waals surface area contributed by atoms with Crippen LogP contribution in [0.25, 0.3) is 0 Å². The average Bonchev–Trinajstić information content (AvgIpc) is 2.70. The number of furan rings is 2. The molecule has 2 aromatic carbocycles. The number of benzene rings is 2. The van der Waals surface area contributed by atoms with Crippen molar-refractivity contribution in [2.75, 3.05) is 52.5 Å². The molecule has 530 valence electrons. The van der Waals surface area contributed by atoms with Crippen LogP contribution in [0, 0.1) is 95.8 Å². The van der Waals surface area contributed by atoms with E-state index in [9.17, 15) is 4.39 Å². The summed E-state index contributed by atoms with van der Waals surface area (Å²) in [5.41, 5.74) is 12.1. The van der Waals surface area contributed by atoms with E-state index in [4.69, 9.17) is 13.6 Å². The van der Waals surface area contributed by atoms with Crippen LogP contribution in [0.2, 0.25) is 0 Å². The number of likely N-dealkylation sites (tertiary alicyclic amines) is 1. The summed E-state index contributed by atoms with van der Waals surface area (Å²) in [6.45, 7) is 39.7. The molecule has 0 bridgehead atoms. The van der Waals surface area contributed by atoms with Gasteiger partial charge < -0.3 is 18.5 Å². The van der Waals surface area contributed by atoms with Gasteiger partial charge in [-0.25, -0.2) is 9.37 Å². The van der Waals surface area contributed by atoms with Crippen LogP contribution in [0.1, 0.15) is 113 Å². The van der Waals surface area contributed by atoms with Crippen LogP contribution in [0.15, 0.2) is 257 Å². The molecule has 12 heterocycles. The molecule has 98 heavy (non-hydrogen) atoms. The monoisotopic (exact) mass is 1390 g/mol. The summed E-state index contributed by atoms with van der Waals surface area (Å²) in [6.07, 6.45) is 25.8. The molecule has 12 nitrogen and oxygen atoms in total. The van der Waals surface area contributed by atoms with Crippen molar-refractivity contribution in [1.29, 1.82) is 0 Å². The van der Waals surface area contributed by atoms with E-state index < -0.39 is 0 Å². The first kappa shape index (κ1) is 91.6. The maximum absolute atomic E-state index is 12.1. The normalized spacial score (nSPS) is 10.9. The summed E-state index contributed by atoms with van der Waals surface area (Å²) in [6, 6.07) is 46.1. The summed E-state index contributed by atoms with van der Waals surface area (Å²) in [4.78, 5) is 32.4. The van der Waals surface area contributed by atoms with Crippen LogP contribution >= 0.6 is 34.0 Å². The Kier molecular flexibility index (Phi) is 59.1. The number of hydrogen-bond donors (Lipinski definition) is 0. The predicted molar refractivity (Wildman–Crippen MR) is 419 cm³/mol.